The van der Waals surface area contributed by atoms with E-state index in [1.807, 2.05) is 6.92 Å². The van der Waals surface area contributed by atoms with Crippen LogP contribution in [-0.4, -0.2) is 5.38 Å². The Bertz CT molecular complexity index is 339. The van der Waals surface area contributed by atoms with E-state index in [9.17, 15) is 13.2 Å². The molecule has 1 aromatic rings. The van der Waals surface area contributed by atoms with Crippen LogP contribution in [0.4, 0.5) is 13.2 Å². The molecule has 84 valence electrons. The summed E-state index contributed by atoms with van der Waals surface area (Å²) in [5.74, 6) is -3.67. The van der Waals surface area contributed by atoms with Crippen molar-refractivity contribution >= 4 is 11.6 Å². The molecule has 0 fully saturated rings. The van der Waals surface area contributed by atoms with E-state index < -0.39 is 17.5 Å². The molecule has 0 spiro atoms. The van der Waals surface area contributed by atoms with Gasteiger partial charge < -0.3 is 0 Å². The standard InChI is InChI=1S/C11H12ClF3/c1-2-8(12)5-3-7-4-6-9(13)11(15)10(7)14/h4,6,8H,2-3,5H2,1H3. The van der Waals surface area contributed by atoms with E-state index in [4.69, 9.17) is 11.6 Å². The quantitative estimate of drug-likeness (QED) is 0.546. The third-order valence-electron chi connectivity index (χ3n) is 2.29. The van der Waals surface area contributed by atoms with Crippen molar-refractivity contribution in [2.24, 2.45) is 0 Å². The largest absolute Gasteiger partial charge is 0.204 e. The number of halogens is 4. The smallest absolute Gasteiger partial charge is 0.194 e. The van der Waals surface area contributed by atoms with Gasteiger partial charge >= 0.3 is 0 Å². The summed E-state index contributed by atoms with van der Waals surface area (Å²) in [7, 11) is 0. The molecule has 0 aliphatic carbocycles. The van der Waals surface area contributed by atoms with Gasteiger partial charge in [0.25, 0.3) is 0 Å². The molecule has 0 bridgehead atoms. The van der Waals surface area contributed by atoms with E-state index in [0.717, 1.165) is 12.5 Å². The van der Waals surface area contributed by atoms with Crippen molar-refractivity contribution < 1.29 is 13.2 Å². The lowest BCUT2D eigenvalue weighted by Crippen LogP contribution is -2.02. The van der Waals surface area contributed by atoms with Crippen LogP contribution < -0.4 is 0 Å². The van der Waals surface area contributed by atoms with Crippen LogP contribution in [-0.2, 0) is 6.42 Å². The van der Waals surface area contributed by atoms with Gasteiger partial charge in [-0.3, -0.25) is 0 Å². The summed E-state index contributed by atoms with van der Waals surface area (Å²) in [4.78, 5) is 0. The van der Waals surface area contributed by atoms with Gasteiger partial charge in [0.15, 0.2) is 17.5 Å². The first-order valence-corrected chi connectivity index (χ1v) is 5.26. The predicted molar refractivity (Wildman–Crippen MR) is 54.6 cm³/mol. The molecule has 0 aliphatic heterocycles. The zero-order valence-corrected chi connectivity index (χ0v) is 9.12. The molecule has 0 heterocycles. The van der Waals surface area contributed by atoms with Crippen molar-refractivity contribution in [1.82, 2.24) is 0 Å². The first-order valence-electron chi connectivity index (χ1n) is 4.82. The van der Waals surface area contributed by atoms with E-state index in [1.165, 1.54) is 6.07 Å². The Morgan fingerprint density at radius 2 is 1.87 bits per heavy atom. The molecule has 1 rings (SSSR count). The van der Waals surface area contributed by atoms with E-state index in [1.54, 1.807) is 0 Å². The third-order valence-corrected chi connectivity index (χ3v) is 2.81. The Morgan fingerprint density at radius 3 is 2.47 bits per heavy atom. The van der Waals surface area contributed by atoms with E-state index in [2.05, 4.69) is 0 Å². The number of benzene rings is 1. The minimum absolute atomic E-state index is 0.0579. The summed E-state index contributed by atoms with van der Waals surface area (Å²) >= 11 is 5.85. The number of alkyl halides is 1. The van der Waals surface area contributed by atoms with Crippen molar-refractivity contribution in [3.05, 3.63) is 35.1 Å². The molecule has 0 N–H and O–H groups in total. The van der Waals surface area contributed by atoms with Crippen molar-refractivity contribution in [3.8, 4) is 0 Å². The van der Waals surface area contributed by atoms with Gasteiger partial charge in [0, 0.05) is 5.38 Å². The van der Waals surface area contributed by atoms with Gasteiger partial charge in [-0.2, -0.15) is 0 Å². The fourth-order valence-electron chi connectivity index (χ4n) is 1.28. The molecule has 0 nitrogen and oxygen atoms in total. The van der Waals surface area contributed by atoms with Crippen LogP contribution in [0.3, 0.4) is 0 Å². The molecular weight excluding hydrogens is 225 g/mol. The second kappa shape index (κ2) is 5.40. The van der Waals surface area contributed by atoms with Crippen LogP contribution in [0.2, 0.25) is 0 Å². The van der Waals surface area contributed by atoms with E-state index >= 15 is 0 Å². The minimum Gasteiger partial charge on any atom is -0.204 e. The van der Waals surface area contributed by atoms with E-state index in [0.29, 0.717) is 12.8 Å². The first kappa shape index (κ1) is 12.4. The van der Waals surface area contributed by atoms with Crippen LogP contribution >= 0.6 is 11.6 Å². The van der Waals surface area contributed by atoms with Crippen LogP contribution in [0.25, 0.3) is 0 Å². The summed E-state index contributed by atoms with van der Waals surface area (Å²) in [5.41, 5.74) is 0.174. The van der Waals surface area contributed by atoms with Gasteiger partial charge in [0.05, 0.1) is 0 Å². The lowest BCUT2D eigenvalue weighted by molar-refractivity contribution is 0.440. The fraction of sp³-hybridized carbons (Fsp3) is 0.455. The molecule has 0 saturated heterocycles. The molecule has 0 saturated carbocycles. The maximum atomic E-state index is 13.2. The summed E-state index contributed by atoms with van der Waals surface area (Å²) in [5, 5.41) is -0.0579. The summed E-state index contributed by atoms with van der Waals surface area (Å²) < 4.78 is 38.6. The molecular formula is C11H12ClF3. The van der Waals surface area contributed by atoms with Gasteiger partial charge in [-0.05, 0) is 30.9 Å². The highest BCUT2D eigenvalue weighted by Gasteiger charge is 2.13. The Morgan fingerprint density at radius 1 is 1.20 bits per heavy atom. The molecule has 1 unspecified atom stereocenters. The maximum Gasteiger partial charge on any atom is 0.194 e. The van der Waals surface area contributed by atoms with Gasteiger partial charge in [0.2, 0.25) is 0 Å². The second-order valence-corrected chi connectivity index (χ2v) is 4.00. The molecule has 0 radical (unpaired) electrons. The highest BCUT2D eigenvalue weighted by Crippen LogP contribution is 2.18. The SMILES string of the molecule is CCC(Cl)CCc1ccc(F)c(F)c1F. The lowest BCUT2D eigenvalue weighted by Gasteiger charge is -2.07. The van der Waals surface area contributed by atoms with Crippen molar-refractivity contribution in [2.75, 3.05) is 0 Å². The molecule has 0 aromatic heterocycles. The average Bonchev–Trinajstić information content (AvgIpc) is 2.24. The zero-order valence-electron chi connectivity index (χ0n) is 8.37. The van der Waals surface area contributed by atoms with Crippen LogP contribution in [0.5, 0.6) is 0 Å². The lowest BCUT2D eigenvalue weighted by atomic mass is 10.1. The molecule has 4 heteroatoms. The second-order valence-electron chi connectivity index (χ2n) is 3.38. The van der Waals surface area contributed by atoms with E-state index in [-0.39, 0.29) is 10.9 Å². The molecule has 15 heavy (non-hydrogen) atoms. The normalized spacial score (nSPS) is 12.9. The van der Waals surface area contributed by atoms with Gasteiger partial charge in [0.1, 0.15) is 0 Å². The topological polar surface area (TPSA) is 0 Å². The summed E-state index contributed by atoms with van der Waals surface area (Å²) in [6, 6.07) is 2.19. The minimum atomic E-state index is -1.41. The van der Waals surface area contributed by atoms with Crippen molar-refractivity contribution in [3.63, 3.8) is 0 Å². The Labute approximate surface area is 92.1 Å². The van der Waals surface area contributed by atoms with Crippen LogP contribution in [0, 0.1) is 17.5 Å². The highest BCUT2D eigenvalue weighted by molar-refractivity contribution is 6.20. The summed E-state index contributed by atoms with van der Waals surface area (Å²) in [6.07, 6.45) is 1.65. The Kier molecular flexibility index (Phi) is 4.45. The average molecular weight is 237 g/mol. The predicted octanol–water partition coefficient (Wildman–Crippen LogP) is 4.05. The fourth-order valence-corrected chi connectivity index (χ4v) is 1.38. The van der Waals surface area contributed by atoms with Crippen molar-refractivity contribution in [2.45, 2.75) is 31.6 Å². The molecule has 1 atom stereocenters. The number of hydrogen-bond donors (Lipinski definition) is 0. The molecule has 0 aliphatic rings. The maximum absolute atomic E-state index is 13.2. The molecule has 1 aromatic carbocycles. The Hall–Kier alpha value is -0.700. The van der Waals surface area contributed by atoms with Crippen LogP contribution in [0.1, 0.15) is 25.3 Å². The first-order chi connectivity index (χ1) is 7.06. The zero-order chi connectivity index (χ0) is 11.4. The Balaban J connectivity index is 2.74. The highest BCUT2D eigenvalue weighted by atomic mass is 35.5. The molecule has 0 amide bonds. The number of aryl methyl sites for hydroxylation is 1. The van der Waals surface area contributed by atoms with Gasteiger partial charge in [-0.25, -0.2) is 13.2 Å². The third kappa shape index (κ3) is 3.13. The van der Waals surface area contributed by atoms with Gasteiger partial charge in [-0.1, -0.05) is 13.0 Å². The van der Waals surface area contributed by atoms with Crippen LogP contribution in [0.15, 0.2) is 12.1 Å². The number of hydrogen-bond acceptors (Lipinski definition) is 0. The monoisotopic (exact) mass is 236 g/mol. The summed E-state index contributed by atoms with van der Waals surface area (Å²) in [6.45, 7) is 1.92. The van der Waals surface area contributed by atoms with Crippen molar-refractivity contribution in [1.29, 1.82) is 0 Å². The number of rotatable bonds is 4. The van der Waals surface area contributed by atoms with Gasteiger partial charge in [-0.15, -0.1) is 11.6 Å².